The van der Waals surface area contributed by atoms with Crippen LogP contribution < -0.4 is 21.7 Å². The summed E-state index contributed by atoms with van der Waals surface area (Å²) >= 11 is 0. The van der Waals surface area contributed by atoms with Gasteiger partial charge in [-0.2, -0.15) is 0 Å². The number of aliphatic hydroxyl groups is 2. The summed E-state index contributed by atoms with van der Waals surface area (Å²) in [6.07, 6.45) is -3.01. The molecule has 2 aliphatic rings. The molecule has 182 valence electrons. The van der Waals surface area contributed by atoms with Crippen molar-refractivity contribution in [1.29, 1.82) is 0 Å². The van der Waals surface area contributed by atoms with Gasteiger partial charge in [0, 0.05) is 36.3 Å². The lowest BCUT2D eigenvalue weighted by atomic mass is 10.1. The maximum absolute atomic E-state index is 12.6. The van der Waals surface area contributed by atoms with E-state index in [4.69, 9.17) is 10.5 Å². The van der Waals surface area contributed by atoms with E-state index in [0.29, 0.717) is 28.9 Å². The number of rotatable bonds is 6. The van der Waals surface area contributed by atoms with Crippen molar-refractivity contribution in [2.45, 2.75) is 37.5 Å². The molecule has 2 aliphatic heterocycles. The molecule has 1 saturated heterocycles. The standard InChI is InChI=1S/C21H22N8O6/c22-17-13-18(26-7-25-17)29(8-27-13)21-15(32)14(31)16(35-21)20(34)23-5-4-12(30)28-11-3-1-2-9-10(11)6-24-19(9)33/h1-3,7-8,14-16,21,31-32H,4-6H2,(H,23,34)(H,24,33)(H,28,30)(H2,22,25,26)/t14-,15+,16-,21?/m0/s1. The number of imidazole rings is 1. The average molecular weight is 482 g/mol. The van der Waals surface area contributed by atoms with Crippen LogP contribution in [0.5, 0.6) is 0 Å². The third-order valence-corrected chi connectivity index (χ3v) is 5.93. The number of hydrogen-bond donors (Lipinski definition) is 6. The molecule has 0 spiro atoms. The fourth-order valence-corrected chi connectivity index (χ4v) is 4.15. The highest BCUT2D eigenvalue weighted by molar-refractivity contribution is 6.02. The van der Waals surface area contributed by atoms with E-state index < -0.39 is 30.4 Å². The Morgan fingerprint density at radius 1 is 1.23 bits per heavy atom. The number of hydrogen-bond acceptors (Lipinski definition) is 10. The Morgan fingerprint density at radius 3 is 2.89 bits per heavy atom. The molecule has 3 amide bonds. The predicted octanol–water partition coefficient (Wildman–Crippen LogP) is -1.58. The Hall–Kier alpha value is -4.14. The van der Waals surface area contributed by atoms with E-state index in [-0.39, 0.29) is 36.2 Å². The number of carbonyl (C=O) groups excluding carboxylic acids is 3. The van der Waals surface area contributed by atoms with E-state index >= 15 is 0 Å². The summed E-state index contributed by atoms with van der Waals surface area (Å²) in [4.78, 5) is 48.7. The zero-order chi connectivity index (χ0) is 24.7. The molecule has 2 aromatic heterocycles. The van der Waals surface area contributed by atoms with Crippen molar-refractivity contribution in [2.75, 3.05) is 17.6 Å². The number of anilines is 2. The van der Waals surface area contributed by atoms with Crippen molar-refractivity contribution in [3.8, 4) is 0 Å². The molecule has 1 unspecified atom stereocenters. The molecule has 5 rings (SSSR count). The van der Waals surface area contributed by atoms with Crippen LogP contribution in [-0.4, -0.2) is 72.3 Å². The van der Waals surface area contributed by atoms with Crippen LogP contribution in [0.2, 0.25) is 0 Å². The summed E-state index contributed by atoms with van der Waals surface area (Å²) < 4.78 is 6.99. The van der Waals surface area contributed by atoms with Crippen molar-refractivity contribution >= 4 is 40.4 Å². The Kier molecular flexibility index (Phi) is 5.76. The second-order valence-corrected chi connectivity index (χ2v) is 8.11. The highest BCUT2D eigenvalue weighted by atomic mass is 16.6. The number of nitrogens with one attached hydrogen (secondary N) is 3. The summed E-state index contributed by atoms with van der Waals surface area (Å²) in [6, 6.07) is 5.04. The fourth-order valence-electron chi connectivity index (χ4n) is 4.15. The molecular formula is C21H22N8O6. The van der Waals surface area contributed by atoms with Crippen LogP contribution in [0.4, 0.5) is 11.5 Å². The summed E-state index contributed by atoms with van der Waals surface area (Å²) in [6.45, 7) is 0.286. The van der Waals surface area contributed by atoms with E-state index in [9.17, 15) is 24.6 Å². The maximum atomic E-state index is 12.6. The topological polar surface area (TPSA) is 207 Å². The second kappa shape index (κ2) is 8.90. The Bertz CT molecular complexity index is 1330. The molecule has 0 aliphatic carbocycles. The molecule has 4 heterocycles. The number of carbonyl (C=O) groups is 3. The molecular weight excluding hydrogens is 460 g/mol. The molecule has 1 fully saturated rings. The molecule has 14 nitrogen and oxygen atoms in total. The number of benzene rings is 1. The Labute approximate surface area is 197 Å². The van der Waals surface area contributed by atoms with Gasteiger partial charge in [-0.05, 0) is 12.1 Å². The van der Waals surface area contributed by atoms with Gasteiger partial charge in [0.15, 0.2) is 23.8 Å². The SMILES string of the molecule is Nc1ncnc2c1ncn2C1O[C@H](C(=O)NCCC(=O)Nc2cccc3c2CNC3=O)[C@@H](O)[C@H]1O. The first-order valence-corrected chi connectivity index (χ1v) is 10.8. The summed E-state index contributed by atoms with van der Waals surface area (Å²) in [5.41, 5.74) is 8.08. The van der Waals surface area contributed by atoms with E-state index in [1.807, 2.05) is 0 Å². The van der Waals surface area contributed by atoms with E-state index in [1.165, 1.54) is 17.2 Å². The summed E-state index contributed by atoms with van der Waals surface area (Å²) in [7, 11) is 0. The van der Waals surface area contributed by atoms with Crippen LogP contribution in [0.1, 0.15) is 28.6 Å². The van der Waals surface area contributed by atoms with Gasteiger partial charge in [-0.25, -0.2) is 15.0 Å². The van der Waals surface area contributed by atoms with Crippen LogP contribution in [0.15, 0.2) is 30.9 Å². The minimum atomic E-state index is -1.53. The number of nitrogens with zero attached hydrogens (tertiary/aromatic N) is 4. The van der Waals surface area contributed by atoms with Crippen LogP contribution in [-0.2, 0) is 20.9 Å². The van der Waals surface area contributed by atoms with Gasteiger partial charge in [-0.1, -0.05) is 6.07 Å². The zero-order valence-electron chi connectivity index (χ0n) is 18.2. The van der Waals surface area contributed by atoms with Gasteiger partial charge in [0.2, 0.25) is 5.91 Å². The largest absolute Gasteiger partial charge is 0.387 e. The lowest BCUT2D eigenvalue weighted by molar-refractivity contribution is -0.137. The number of ether oxygens (including phenoxy) is 1. The quantitative estimate of drug-likeness (QED) is 0.237. The number of amides is 3. The van der Waals surface area contributed by atoms with Crippen LogP contribution in [0, 0.1) is 0 Å². The molecule has 35 heavy (non-hydrogen) atoms. The lowest BCUT2D eigenvalue weighted by Crippen LogP contribution is -2.43. The van der Waals surface area contributed by atoms with Crippen molar-refractivity contribution in [2.24, 2.45) is 0 Å². The fraction of sp³-hybridized carbons (Fsp3) is 0.333. The van der Waals surface area contributed by atoms with Crippen molar-refractivity contribution in [1.82, 2.24) is 30.2 Å². The second-order valence-electron chi connectivity index (χ2n) is 8.11. The number of nitrogens with two attached hydrogens (primary N) is 1. The highest BCUT2D eigenvalue weighted by Crippen LogP contribution is 2.32. The molecule has 3 aromatic rings. The molecule has 14 heteroatoms. The van der Waals surface area contributed by atoms with Crippen LogP contribution >= 0.6 is 0 Å². The third kappa shape index (κ3) is 4.03. The van der Waals surface area contributed by atoms with Crippen molar-refractivity contribution < 1.29 is 29.3 Å². The van der Waals surface area contributed by atoms with Crippen LogP contribution in [0.3, 0.4) is 0 Å². The Morgan fingerprint density at radius 2 is 2.06 bits per heavy atom. The zero-order valence-corrected chi connectivity index (χ0v) is 18.2. The molecule has 7 N–H and O–H groups in total. The highest BCUT2D eigenvalue weighted by Gasteiger charge is 2.47. The van der Waals surface area contributed by atoms with E-state index in [0.717, 1.165) is 0 Å². The van der Waals surface area contributed by atoms with Gasteiger partial charge in [0.25, 0.3) is 11.8 Å². The van der Waals surface area contributed by atoms with Gasteiger partial charge in [-0.15, -0.1) is 0 Å². The smallest absolute Gasteiger partial charge is 0.252 e. The van der Waals surface area contributed by atoms with Gasteiger partial charge in [0.05, 0.1) is 6.33 Å². The number of nitrogen functional groups attached to an aromatic ring is 1. The molecule has 4 atom stereocenters. The first-order valence-electron chi connectivity index (χ1n) is 10.8. The minimum absolute atomic E-state index is 0.0397. The van der Waals surface area contributed by atoms with Gasteiger partial charge < -0.3 is 36.6 Å². The van der Waals surface area contributed by atoms with Crippen molar-refractivity contribution in [3.05, 3.63) is 42.0 Å². The number of aromatic nitrogens is 4. The predicted molar refractivity (Wildman–Crippen MR) is 120 cm³/mol. The Balaban J connectivity index is 1.18. The van der Waals surface area contributed by atoms with Crippen molar-refractivity contribution in [3.63, 3.8) is 0 Å². The average Bonchev–Trinajstić information content (AvgIpc) is 3.52. The summed E-state index contributed by atoms with van der Waals surface area (Å²) in [5.74, 6) is -1.12. The van der Waals surface area contributed by atoms with E-state index in [1.54, 1.807) is 18.2 Å². The monoisotopic (exact) mass is 482 g/mol. The van der Waals surface area contributed by atoms with E-state index in [2.05, 4.69) is 30.9 Å². The molecule has 0 bridgehead atoms. The van der Waals surface area contributed by atoms with Gasteiger partial charge in [-0.3, -0.25) is 19.0 Å². The summed E-state index contributed by atoms with van der Waals surface area (Å²) in [5, 5.41) is 28.8. The number of aliphatic hydroxyl groups excluding tert-OH is 2. The van der Waals surface area contributed by atoms with Crippen LogP contribution in [0.25, 0.3) is 11.2 Å². The number of fused-ring (bicyclic) bond motifs is 2. The third-order valence-electron chi connectivity index (χ3n) is 5.93. The normalized spacial score (nSPS) is 23.2. The lowest BCUT2D eigenvalue weighted by Gasteiger charge is -2.16. The first kappa shape index (κ1) is 22.6. The molecule has 0 radical (unpaired) electrons. The van der Waals surface area contributed by atoms with Gasteiger partial charge >= 0.3 is 0 Å². The molecule has 1 aromatic carbocycles. The van der Waals surface area contributed by atoms with Gasteiger partial charge in [0.1, 0.15) is 24.1 Å². The maximum Gasteiger partial charge on any atom is 0.252 e. The minimum Gasteiger partial charge on any atom is -0.387 e. The first-order chi connectivity index (χ1) is 16.8. The molecule has 0 saturated carbocycles.